The number of hydrogen-bond acceptors (Lipinski definition) is 4. The number of nitrogens with one attached hydrogen (secondary N) is 1. The number of anilines is 1. The molecule has 0 saturated heterocycles. The van der Waals surface area contributed by atoms with Crippen LogP contribution in [0.3, 0.4) is 0 Å². The molecule has 2 rings (SSSR count). The summed E-state index contributed by atoms with van der Waals surface area (Å²) in [6, 6.07) is 10.1. The maximum Gasteiger partial charge on any atom is 0.255 e. The van der Waals surface area contributed by atoms with E-state index in [-0.39, 0.29) is 11.8 Å². The summed E-state index contributed by atoms with van der Waals surface area (Å²) in [5, 5.41) is 2.80. The summed E-state index contributed by atoms with van der Waals surface area (Å²) in [4.78, 5) is 26.1. The maximum atomic E-state index is 12.6. The molecule has 0 aliphatic carbocycles. The second-order valence-electron chi connectivity index (χ2n) is 5.66. The number of ether oxygens (including phenoxy) is 2. The number of rotatable bonds is 6. The van der Waals surface area contributed by atoms with Crippen LogP contribution in [-0.4, -0.2) is 44.5 Å². The lowest BCUT2D eigenvalue weighted by atomic mass is 10.1. The lowest BCUT2D eigenvalue weighted by molar-refractivity contribution is 0.0827. The highest BCUT2D eigenvalue weighted by Crippen LogP contribution is 2.36. The van der Waals surface area contributed by atoms with Crippen LogP contribution in [0.4, 0.5) is 5.69 Å². The molecule has 0 unspecified atom stereocenters. The van der Waals surface area contributed by atoms with Crippen LogP contribution in [0, 0.1) is 0 Å². The van der Waals surface area contributed by atoms with Crippen LogP contribution in [0.25, 0.3) is 0 Å². The van der Waals surface area contributed by atoms with Crippen LogP contribution in [0.2, 0.25) is 0 Å². The van der Waals surface area contributed by atoms with E-state index in [2.05, 4.69) is 21.2 Å². The van der Waals surface area contributed by atoms with Crippen molar-refractivity contribution in [2.75, 3.05) is 33.1 Å². The first-order valence-corrected chi connectivity index (χ1v) is 8.80. The Morgan fingerprint density at radius 2 is 1.88 bits per heavy atom. The van der Waals surface area contributed by atoms with Gasteiger partial charge in [-0.05, 0) is 53.2 Å². The number of carbonyl (C=O) groups excluding carboxylic acids is 2. The van der Waals surface area contributed by atoms with E-state index in [1.54, 1.807) is 50.5 Å². The van der Waals surface area contributed by atoms with E-state index in [0.29, 0.717) is 39.4 Å². The van der Waals surface area contributed by atoms with Crippen LogP contribution in [0.1, 0.15) is 27.6 Å². The van der Waals surface area contributed by atoms with Crippen molar-refractivity contribution >= 4 is 33.4 Å². The molecule has 0 bridgehead atoms. The third-order valence-electron chi connectivity index (χ3n) is 3.55. The van der Waals surface area contributed by atoms with Gasteiger partial charge in [0, 0.05) is 30.9 Å². The van der Waals surface area contributed by atoms with Gasteiger partial charge in [-0.25, -0.2) is 0 Å². The van der Waals surface area contributed by atoms with Gasteiger partial charge in [0.05, 0.1) is 18.2 Å². The highest BCUT2D eigenvalue weighted by Gasteiger charge is 2.16. The van der Waals surface area contributed by atoms with Gasteiger partial charge in [0.25, 0.3) is 11.8 Å². The first-order chi connectivity index (χ1) is 12.4. The number of benzene rings is 2. The van der Waals surface area contributed by atoms with Gasteiger partial charge in [-0.15, -0.1) is 0 Å². The molecule has 0 fully saturated rings. The van der Waals surface area contributed by atoms with Crippen molar-refractivity contribution in [3.05, 3.63) is 52.0 Å². The second kappa shape index (κ2) is 8.71. The third-order valence-corrected chi connectivity index (χ3v) is 4.14. The summed E-state index contributed by atoms with van der Waals surface area (Å²) < 4.78 is 11.5. The minimum absolute atomic E-state index is 0.133. The standard InChI is InChI=1S/C19H21BrN2O4/c1-5-26-17-15(20)10-13(11-16(17)25-4)18(23)21-14-8-6-7-12(9-14)19(24)22(2)3/h6-11H,5H2,1-4H3,(H,21,23). The minimum atomic E-state index is -0.318. The molecule has 0 aliphatic heterocycles. The summed E-state index contributed by atoms with van der Waals surface area (Å²) >= 11 is 3.40. The molecule has 6 nitrogen and oxygen atoms in total. The number of amides is 2. The van der Waals surface area contributed by atoms with E-state index in [1.807, 2.05) is 6.92 Å². The zero-order chi connectivity index (χ0) is 19.3. The third kappa shape index (κ3) is 4.54. The van der Waals surface area contributed by atoms with E-state index in [4.69, 9.17) is 9.47 Å². The number of carbonyl (C=O) groups is 2. The van der Waals surface area contributed by atoms with Crippen LogP contribution < -0.4 is 14.8 Å². The first-order valence-electron chi connectivity index (χ1n) is 8.00. The molecule has 2 aromatic carbocycles. The SMILES string of the molecule is CCOc1c(Br)cc(C(=O)Nc2cccc(C(=O)N(C)C)c2)cc1OC. The minimum Gasteiger partial charge on any atom is -0.493 e. The van der Waals surface area contributed by atoms with Crippen LogP contribution in [0.15, 0.2) is 40.9 Å². The molecule has 0 radical (unpaired) electrons. The Hall–Kier alpha value is -2.54. The van der Waals surface area contributed by atoms with Gasteiger partial charge in [-0.2, -0.15) is 0 Å². The Bertz CT molecular complexity index is 821. The Morgan fingerprint density at radius 3 is 2.50 bits per heavy atom. The Balaban J connectivity index is 2.26. The molecule has 0 aromatic heterocycles. The lowest BCUT2D eigenvalue weighted by Gasteiger charge is -2.14. The van der Waals surface area contributed by atoms with Gasteiger partial charge < -0.3 is 19.7 Å². The second-order valence-corrected chi connectivity index (χ2v) is 6.51. The van der Waals surface area contributed by atoms with Gasteiger partial charge in [-0.1, -0.05) is 6.07 Å². The number of methoxy groups -OCH3 is 1. The van der Waals surface area contributed by atoms with E-state index < -0.39 is 0 Å². The molecule has 0 saturated carbocycles. The molecule has 26 heavy (non-hydrogen) atoms. The van der Waals surface area contributed by atoms with Crippen molar-refractivity contribution in [2.45, 2.75) is 6.92 Å². The van der Waals surface area contributed by atoms with Gasteiger partial charge in [0.2, 0.25) is 0 Å². The van der Waals surface area contributed by atoms with Crippen LogP contribution in [-0.2, 0) is 0 Å². The fraction of sp³-hybridized carbons (Fsp3) is 0.263. The van der Waals surface area contributed by atoms with Crippen molar-refractivity contribution in [1.29, 1.82) is 0 Å². The number of nitrogens with zero attached hydrogens (tertiary/aromatic N) is 1. The quantitative estimate of drug-likeness (QED) is 0.771. The van der Waals surface area contributed by atoms with Gasteiger partial charge in [0.1, 0.15) is 0 Å². The van der Waals surface area contributed by atoms with Crippen LogP contribution in [0.5, 0.6) is 11.5 Å². The largest absolute Gasteiger partial charge is 0.493 e. The molecule has 0 spiro atoms. The average molecular weight is 421 g/mol. The Morgan fingerprint density at radius 1 is 1.15 bits per heavy atom. The van der Waals surface area contributed by atoms with Crippen molar-refractivity contribution in [1.82, 2.24) is 4.90 Å². The normalized spacial score (nSPS) is 10.2. The summed E-state index contributed by atoms with van der Waals surface area (Å²) in [5.41, 5.74) is 1.44. The predicted molar refractivity (Wildman–Crippen MR) is 104 cm³/mol. The zero-order valence-electron chi connectivity index (χ0n) is 15.1. The van der Waals surface area contributed by atoms with Crippen molar-refractivity contribution in [2.24, 2.45) is 0 Å². The maximum absolute atomic E-state index is 12.6. The van der Waals surface area contributed by atoms with E-state index >= 15 is 0 Å². The highest BCUT2D eigenvalue weighted by atomic mass is 79.9. The van der Waals surface area contributed by atoms with Gasteiger partial charge in [-0.3, -0.25) is 9.59 Å². The summed E-state index contributed by atoms with van der Waals surface area (Å²) in [6.45, 7) is 2.35. The molecule has 2 amide bonds. The number of hydrogen-bond donors (Lipinski definition) is 1. The average Bonchev–Trinajstić information content (AvgIpc) is 2.62. The zero-order valence-corrected chi connectivity index (χ0v) is 16.7. The molecule has 1 N–H and O–H groups in total. The molecule has 7 heteroatoms. The summed E-state index contributed by atoms with van der Waals surface area (Å²) in [7, 11) is 4.87. The molecule has 138 valence electrons. The number of halogens is 1. The van der Waals surface area contributed by atoms with E-state index in [9.17, 15) is 9.59 Å². The van der Waals surface area contributed by atoms with Crippen LogP contribution >= 0.6 is 15.9 Å². The molecule has 0 aliphatic rings. The van der Waals surface area contributed by atoms with Gasteiger partial charge in [0.15, 0.2) is 11.5 Å². The topological polar surface area (TPSA) is 67.9 Å². The lowest BCUT2D eigenvalue weighted by Crippen LogP contribution is -2.22. The Labute approximate surface area is 161 Å². The van der Waals surface area contributed by atoms with Gasteiger partial charge >= 0.3 is 0 Å². The Kier molecular flexibility index (Phi) is 6.63. The molecular weight excluding hydrogens is 400 g/mol. The fourth-order valence-electron chi connectivity index (χ4n) is 2.33. The van der Waals surface area contributed by atoms with E-state index in [0.717, 1.165) is 0 Å². The highest BCUT2D eigenvalue weighted by molar-refractivity contribution is 9.10. The molecule has 0 atom stereocenters. The molecule has 0 heterocycles. The van der Waals surface area contributed by atoms with E-state index in [1.165, 1.54) is 12.0 Å². The fourth-order valence-corrected chi connectivity index (χ4v) is 2.88. The summed E-state index contributed by atoms with van der Waals surface area (Å²) in [5.74, 6) is 0.557. The molecular formula is C19H21BrN2O4. The smallest absolute Gasteiger partial charge is 0.255 e. The monoisotopic (exact) mass is 420 g/mol. The predicted octanol–water partition coefficient (Wildman–Crippen LogP) is 3.81. The summed E-state index contributed by atoms with van der Waals surface area (Å²) in [6.07, 6.45) is 0. The van der Waals surface area contributed by atoms with Crippen molar-refractivity contribution < 1.29 is 19.1 Å². The first kappa shape index (κ1) is 19.8. The van der Waals surface area contributed by atoms with Crippen molar-refractivity contribution in [3.8, 4) is 11.5 Å². The molecule has 2 aromatic rings. The van der Waals surface area contributed by atoms with Crippen molar-refractivity contribution in [3.63, 3.8) is 0 Å².